The molecule has 284 valence electrons. The van der Waals surface area contributed by atoms with Crippen LogP contribution in [0.3, 0.4) is 0 Å². The highest BCUT2D eigenvalue weighted by Crippen LogP contribution is 2.44. The molecule has 1 amide bonds. The van der Waals surface area contributed by atoms with Crippen molar-refractivity contribution in [3.63, 3.8) is 0 Å². The van der Waals surface area contributed by atoms with Gasteiger partial charge in [-0.1, -0.05) is 29.4 Å². The molecule has 10 nitrogen and oxygen atoms in total. The maximum absolute atomic E-state index is 14.1. The second-order valence-corrected chi connectivity index (χ2v) is 12.8. The quantitative estimate of drug-likeness (QED) is 0.186. The average Bonchev–Trinajstić information content (AvgIpc) is 3.59. The van der Waals surface area contributed by atoms with E-state index in [0.29, 0.717) is 23.3 Å². The third-order valence-corrected chi connectivity index (χ3v) is 9.30. The maximum Gasteiger partial charge on any atom is 0.416 e. The molecule has 2 aliphatic rings. The van der Waals surface area contributed by atoms with Gasteiger partial charge in [-0.25, -0.2) is 0 Å². The Morgan fingerprint density at radius 3 is 2.17 bits per heavy atom. The molecule has 19 heteroatoms. The molecule has 2 atom stereocenters. The lowest BCUT2D eigenvalue weighted by atomic mass is 9.94. The number of hydrogen-bond donors (Lipinski definition) is 2. The van der Waals surface area contributed by atoms with Gasteiger partial charge in [-0.15, -0.1) is 5.10 Å². The smallest absolute Gasteiger partial charge is 0.395 e. The third-order valence-electron chi connectivity index (χ3n) is 9.30. The van der Waals surface area contributed by atoms with E-state index in [-0.39, 0.29) is 67.8 Å². The Balaban J connectivity index is 1.42. The number of aliphatic hydroxyl groups is 2. The molecule has 0 bridgehead atoms. The fourth-order valence-electron chi connectivity index (χ4n) is 6.84. The van der Waals surface area contributed by atoms with E-state index in [0.717, 1.165) is 15.8 Å². The predicted molar refractivity (Wildman–Crippen MR) is 170 cm³/mol. The van der Waals surface area contributed by atoms with Crippen molar-refractivity contribution in [2.45, 2.75) is 63.7 Å². The molecule has 3 heterocycles. The largest absolute Gasteiger partial charge is 0.416 e. The summed E-state index contributed by atoms with van der Waals surface area (Å²) in [6, 6.07) is 8.72. The van der Waals surface area contributed by atoms with Crippen LogP contribution in [0.1, 0.15) is 74.4 Å². The number of halogens is 9. The van der Waals surface area contributed by atoms with Crippen LogP contribution < -0.4 is 9.80 Å². The molecule has 1 aromatic heterocycles. The number of β-amino-alcohol motifs (C(OH)–C–C–N with tert-alkyl or cyclic N) is 1. The highest BCUT2D eigenvalue weighted by molar-refractivity contribution is 5.98. The minimum Gasteiger partial charge on any atom is -0.395 e. The Hall–Kier alpha value is -4.91. The fourth-order valence-corrected chi connectivity index (χ4v) is 6.84. The minimum atomic E-state index is -5.15. The van der Waals surface area contributed by atoms with Gasteiger partial charge in [0, 0.05) is 43.0 Å². The highest BCUT2D eigenvalue weighted by Gasteiger charge is 2.40. The van der Waals surface area contributed by atoms with Crippen molar-refractivity contribution >= 4 is 17.5 Å². The van der Waals surface area contributed by atoms with Crippen molar-refractivity contribution in [3.05, 3.63) is 99.1 Å². The van der Waals surface area contributed by atoms with Crippen molar-refractivity contribution in [1.29, 1.82) is 0 Å². The minimum absolute atomic E-state index is 0.00946. The number of aliphatic hydroxyl groups excluding tert-OH is 2. The summed E-state index contributed by atoms with van der Waals surface area (Å²) >= 11 is 0. The first-order valence-electron chi connectivity index (χ1n) is 16.3. The monoisotopic (exact) mass is 757 g/mol. The number of amides is 1. The van der Waals surface area contributed by atoms with Crippen molar-refractivity contribution in [3.8, 4) is 0 Å². The van der Waals surface area contributed by atoms with E-state index in [1.807, 2.05) is 0 Å². The Morgan fingerprint density at radius 1 is 0.868 bits per heavy atom. The maximum atomic E-state index is 14.1. The summed E-state index contributed by atoms with van der Waals surface area (Å²) < 4.78 is 125. The number of aromatic nitrogens is 4. The number of nitrogens with zero attached hydrogens (tertiary/aromatic N) is 7. The van der Waals surface area contributed by atoms with Crippen LogP contribution in [0.25, 0.3) is 0 Å². The highest BCUT2D eigenvalue weighted by atomic mass is 19.4. The number of carbonyl (C=O) groups excluding carboxylic acids is 1. The van der Waals surface area contributed by atoms with Crippen molar-refractivity contribution in [2.75, 3.05) is 36.0 Å². The molecule has 6 rings (SSSR count). The van der Waals surface area contributed by atoms with Crippen LogP contribution in [-0.4, -0.2) is 67.5 Å². The normalized spacial score (nSPS) is 17.9. The number of hydrogen-bond acceptors (Lipinski definition) is 8. The van der Waals surface area contributed by atoms with Gasteiger partial charge in [0.25, 0.3) is 11.9 Å². The molecular formula is C34H32F9N7O3. The molecule has 0 fully saturated rings. The van der Waals surface area contributed by atoms with E-state index < -0.39 is 72.1 Å². The summed E-state index contributed by atoms with van der Waals surface area (Å²) in [5.41, 5.74) is -3.69. The van der Waals surface area contributed by atoms with Crippen LogP contribution in [-0.2, 0) is 31.6 Å². The van der Waals surface area contributed by atoms with Crippen LogP contribution in [0.5, 0.6) is 0 Å². The molecule has 3 aromatic carbocycles. The summed E-state index contributed by atoms with van der Waals surface area (Å²) in [6.07, 6.45) is -15.9. The topological polar surface area (TPSA) is 111 Å². The van der Waals surface area contributed by atoms with Crippen LogP contribution in [0, 0.1) is 6.92 Å². The fraction of sp³-hybridized carbons (Fsp3) is 0.412. The van der Waals surface area contributed by atoms with Crippen molar-refractivity contribution in [1.82, 2.24) is 25.1 Å². The van der Waals surface area contributed by atoms with Gasteiger partial charge in [0.1, 0.15) is 0 Å². The summed E-state index contributed by atoms with van der Waals surface area (Å²) in [4.78, 5) is 17.9. The Morgan fingerprint density at radius 2 is 1.55 bits per heavy atom. The van der Waals surface area contributed by atoms with Gasteiger partial charge < -0.3 is 24.9 Å². The number of benzene rings is 3. The Bertz CT molecular complexity index is 1950. The van der Waals surface area contributed by atoms with E-state index in [1.165, 1.54) is 22.8 Å². The molecule has 0 radical (unpaired) electrons. The number of fused-ring (bicyclic) bond motifs is 2. The molecular weight excluding hydrogens is 725 g/mol. The van der Waals surface area contributed by atoms with Crippen molar-refractivity contribution < 1.29 is 54.5 Å². The molecule has 0 spiro atoms. The molecule has 0 saturated carbocycles. The summed E-state index contributed by atoms with van der Waals surface area (Å²) in [5, 5.41) is 32.9. The van der Waals surface area contributed by atoms with Gasteiger partial charge in [0.15, 0.2) is 6.23 Å². The third kappa shape index (κ3) is 7.76. The van der Waals surface area contributed by atoms with E-state index in [4.69, 9.17) is 0 Å². The first-order chi connectivity index (χ1) is 24.9. The van der Waals surface area contributed by atoms with Crippen molar-refractivity contribution in [2.24, 2.45) is 0 Å². The zero-order chi connectivity index (χ0) is 38.5. The Kier molecular flexibility index (Phi) is 10.1. The lowest BCUT2D eigenvalue weighted by Gasteiger charge is -2.33. The molecule has 1 unspecified atom stereocenters. The summed E-state index contributed by atoms with van der Waals surface area (Å²) in [7, 11) is 0. The predicted octanol–water partition coefficient (Wildman–Crippen LogP) is 6.53. The van der Waals surface area contributed by atoms with Gasteiger partial charge in [0.05, 0.1) is 35.9 Å². The lowest BCUT2D eigenvalue weighted by molar-refractivity contribution is -0.143. The van der Waals surface area contributed by atoms with Crippen LogP contribution in [0.2, 0.25) is 0 Å². The van der Waals surface area contributed by atoms with Gasteiger partial charge in [0.2, 0.25) is 0 Å². The summed E-state index contributed by atoms with van der Waals surface area (Å²) in [6.45, 7) is 0.0316. The molecule has 53 heavy (non-hydrogen) atoms. The first kappa shape index (κ1) is 37.8. The lowest BCUT2D eigenvalue weighted by Crippen LogP contribution is -2.32. The van der Waals surface area contributed by atoms with Gasteiger partial charge >= 0.3 is 18.5 Å². The number of alkyl halides is 9. The molecule has 0 aliphatic carbocycles. The second-order valence-electron chi connectivity index (χ2n) is 12.8. The molecule has 2 aliphatic heterocycles. The zero-order valence-electron chi connectivity index (χ0n) is 27.8. The number of aryl methyl sites for hydroxylation is 1. The molecule has 0 saturated heterocycles. The van der Waals surface area contributed by atoms with Crippen LogP contribution in [0.15, 0.2) is 54.6 Å². The Labute approximate surface area is 296 Å². The SMILES string of the molecule is Cc1cc2c(cc1C(F)(F)F)N(CCO)CCC[C@@H]2N(Cc1cc(C(F)(F)F)cc(C(F)(F)F)c1)c1nnn(CCN2C(=O)c3ccccc3C2O)n1. The van der Waals surface area contributed by atoms with E-state index in [2.05, 4.69) is 15.4 Å². The van der Waals surface area contributed by atoms with E-state index in [1.54, 1.807) is 24.3 Å². The number of carbonyl (C=O) groups is 1. The van der Waals surface area contributed by atoms with Gasteiger partial charge in [-0.2, -0.15) is 44.3 Å². The van der Waals surface area contributed by atoms with Crippen LogP contribution in [0.4, 0.5) is 51.1 Å². The average molecular weight is 758 g/mol. The second kappa shape index (κ2) is 14.1. The standard InChI is InChI=1S/C34H32F9N7O3/c1-19-13-25-27(7-4-8-47(11-12-51)28(25)17-26(19)34(41,42)43)49(18-20-14-21(32(35,36)37)16-22(15-20)33(38,39)40)31-44-46-50(45-31)10-9-48-29(52)23-5-2-3-6-24(23)30(48)53/h2-3,5-6,13-17,27,29,51-52H,4,7-12,18H2,1H3/t27-,29?/m0/s1. The first-order valence-corrected chi connectivity index (χ1v) is 16.3. The number of anilines is 2. The summed E-state index contributed by atoms with van der Waals surface area (Å²) in [5.74, 6) is -0.729. The molecule has 4 aromatic rings. The van der Waals surface area contributed by atoms with E-state index >= 15 is 0 Å². The van der Waals surface area contributed by atoms with Gasteiger partial charge in [-0.05, 0) is 72.0 Å². The van der Waals surface area contributed by atoms with E-state index in [9.17, 15) is 54.5 Å². The molecule has 2 N–H and O–H groups in total. The zero-order valence-corrected chi connectivity index (χ0v) is 27.8. The number of rotatable bonds is 9. The number of tetrazole rings is 1. The van der Waals surface area contributed by atoms with Crippen LogP contribution >= 0.6 is 0 Å². The van der Waals surface area contributed by atoms with Gasteiger partial charge in [-0.3, -0.25) is 4.79 Å².